The Morgan fingerprint density at radius 2 is 1.43 bits per heavy atom. The monoisotopic (exact) mass is 140 g/mol. The third-order valence-corrected chi connectivity index (χ3v) is 0.179. The summed E-state index contributed by atoms with van der Waals surface area (Å²) < 4.78 is 31.6. The van der Waals surface area contributed by atoms with E-state index in [2.05, 4.69) is 0 Å². The van der Waals surface area contributed by atoms with Gasteiger partial charge < -0.3 is 5.11 Å². The molecule has 0 aromatic heterocycles. The number of aliphatic hydroxyl groups is 1. The van der Waals surface area contributed by atoms with Crippen molar-refractivity contribution in [1.29, 1.82) is 0 Å². The molecule has 0 unspecified atom stereocenters. The Balaban J connectivity index is 0. The van der Waals surface area contributed by atoms with Crippen LogP contribution in [0.3, 0.4) is 0 Å². The third-order valence-electron chi connectivity index (χ3n) is 0.179. The molecule has 0 rings (SSSR count). The van der Waals surface area contributed by atoms with Crippen molar-refractivity contribution in [2.24, 2.45) is 0 Å². The van der Waals surface area contributed by atoms with Crippen LogP contribution in [0, 0.1) is 0 Å². The maximum atomic E-state index is 10.5. The molecule has 0 amide bonds. The Bertz CT molecular complexity index is 42.7. The minimum atomic E-state index is -4.40. The van der Waals surface area contributed by atoms with E-state index in [-0.39, 0.29) is 51.4 Å². The van der Waals surface area contributed by atoms with Crippen LogP contribution < -0.4 is 0 Å². The first kappa shape index (κ1) is 11.2. The number of alkyl halides is 3. The van der Waals surface area contributed by atoms with Gasteiger partial charge in [0.25, 0.3) is 0 Å². The summed E-state index contributed by atoms with van der Waals surface area (Å²) in [5.74, 6) is 0. The summed E-state index contributed by atoms with van der Waals surface area (Å²) in [4.78, 5) is 0. The molecule has 0 aromatic rings. The van der Waals surface area contributed by atoms with Gasteiger partial charge in [0.05, 0.1) is 0 Å². The van der Waals surface area contributed by atoms with Crippen molar-refractivity contribution in [1.82, 2.24) is 0 Å². The summed E-state index contributed by atoms with van der Waals surface area (Å²) in [5, 5.41) is 7.28. The first-order chi connectivity index (χ1) is 2.56. The molecule has 0 bridgehead atoms. The van der Waals surface area contributed by atoms with E-state index in [1.807, 2.05) is 0 Å². The van der Waals surface area contributed by atoms with Crippen LogP contribution in [-0.4, -0.2) is 69.3 Å². The third kappa shape index (κ3) is 11.1. The van der Waals surface area contributed by atoms with Gasteiger partial charge in [-0.05, 0) is 0 Å². The van der Waals surface area contributed by atoms with Gasteiger partial charge in [0.15, 0.2) is 0 Å². The average Bonchev–Trinajstić information content (AvgIpc) is 1.35. The Kier molecular flexibility index (Phi) is 6.86. The van der Waals surface area contributed by atoms with E-state index in [9.17, 15) is 13.2 Å². The van der Waals surface area contributed by atoms with Crippen LogP contribution in [-0.2, 0) is 0 Å². The van der Waals surface area contributed by atoms with Crippen LogP contribution >= 0.6 is 0 Å². The van der Waals surface area contributed by atoms with Gasteiger partial charge in [0, 0.05) is 0 Å². The molecule has 0 aliphatic carbocycles. The second-order valence-electron chi connectivity index (χ2n) is 0.773. The molecule has 0 fully saturated rings. The van der Waals surface area contributed by atoms with Crippen molar-refractivity contribution < 1.29 is 18.3 Å². The molecule has 0 aliphatic heterocycles. The zero-order valence-corrected chi connectivity index (χ0v) is 2.79. The van der Waals surface area contributed by atoms with Gasteiger partial charge in [-0.1, -0.05) is 0 Å². The van der Waals surface area contributed by atoms with E-state index in [1.165, 1.54) is 0 Å². The molecule has 1 N–H and O–H groups in total. The van der Waals surface area contributed by atoms with Crippen LogP contribution in [0.5, 0.6) is 0 Å². The molecule has 0 aliphatic rings. The van der Waals surface area contributed by atoms with Crippen LogP contribution in [0.25, 0.3) is 0 Å². The standard InChI is InChI=1S/C2H3F3O.K.H/c3-2(4,5)1-6;;/h6H,1H2;;. The van der Waals surface area contributed by atoms with Gasteiger partial charge >= 0.3 is 57.6 Å². The van der Waals surface area contributed by atoms with Gasteiger partial charge in [0.2, 0.25) is 0 Å². The quantitative estimate of drug-likeness (QED) is 0.465. The van der Waals surface area contributed by atoms with Gasteiger partial charge in [-0.15, -0.1) is 0 Å². The van der Waals surface area contributed by atoms with E-state index >= 15 is 0 Å². The molecule has 0 saturated carbocycles. The first-order valence-electron chi connectivity index (χ1n) is 1.24. The van der Waals surface area contributed by atoms with Crippen molar-refractivity contribution in [3.63, 3.8) is 0 Å². The van der Waals surface area contributed by atoms with Gasteiger partial charge in [-0.25, -0.2) is 0 Å². The van der Waals surface area contributed by atoms with E-state index in [0.29, 0.717) is 0 Å². The summed E-state index contributed by atoms with van der Waals surface area (Å²) in [6, 6.07) is 0. The van der Waals surface area contributed by atoms with Gasteiger partial charge in [-0.2, -0.15) is 13.2 Å². The molecule has 40 valence electrons. The molecular weight excluding hydrogens is 136 g/mol. The summed E-state index contributed by atoms with van der Waals surface area (Å²) in [7, 11) is 0. The van der Waals surface area contributed by atoms with Crippen molar-refractivity contribution >= 4 is 51.4 Å². The Hall–Kier alpha value is 1.39. The fourth-order valence-electron chi connectivity index (χ4n) is 0. The zero-order valence-electron chi connectivity index (χ0n) is 2.79. The number of aliphatic hydroxyl groups excluding tert-OH is 1. The molecule has 1 nitrogen and oxygen atoms in total. The van der Waals surface area contributed by atoms with E-state index in [0.717, 1.165) is 0 Å². The number of hydrogen-bond acceptors (Lipinski definition) is 1. The van der Waals surface area contributed by atoms with E-state index < -0.39 is 12.8 Å². The summed E-state index contributed by atoms with van der Waals surface area (Å²) in [5.41, 5.74) is 0. The molecule has 0 atom stereocenters. The molecule has 0 saturated heterocycles. The number of hydrogen-bond donors (Lipinski definition) is 1. The molecule has 0 heterocycles. The van der Waals surface area contributed by atoms with Crippen molar-refractivity contribution in [3.05, 3.63) is 0 Å². The van der Waals surface area contributed by atoms with Crippen LogP contribution in [0.2, 0.25) is 0 Å². The normalized spacial score (nSPS) is 10.3. The minimum absolute atomic E-state index is 0. The summed E-state index contributed by atoms with van der Waals surface area (Å²) in [6.07, 6.45) is -4.40. The topological polar surface area (TPSA) is 20.2 Å². The molecular formula is C2H4F3KO. The molecule has 0 aromatic carbocycles. The second-order valence-corrected chi connectivity index (χ2v) is 0.773. The number of rotatable bonds is 0. The second kappa shape index (κ2) is 4.28. The van der Waals surface area contributed by atoms with Gasteiger partial charge in [0.1, 0.15) is 6.61 Å². The number of halogens is 3. The Morgan fingerprint density at radius 3 is 1.43 bits per heavy atom. The molecule has 0 radical (unpaired) electrons. The predicted molar refractivity (Wildman–Crippen MR) is 20.3 cm³/mol. The van der Waals surface area contributed by atoms with Crippen molar-refractivity contribution in [2.45, 2.75) is 6.18 Å². The zero-order chi connectivity index (χ0) is 5.21. The first-order valence-corrected chi connectivity index (χ1v) is 1.24. The van der Waals surface area contributed by atoms with Crippen molar-refractivity contribution in [2.75, 3.05) is 6.61 Å². The SMILES string of the molecule is OCC(F)(F)F.[KH]. The molecule has 5 heteroatoms. The van der Waals surface area contributed by atoms with Crippen LogP contribution in [0.4, 0.5) is 13.2 Å². The maximum absolute atomic E-state index is 10.5. The molecule has 7 heavy (non-hydrogen) atoms. The summed E-state index contributed by atoms with van der Waals surface area (Å²) >= 11 is 0. The van der Waals surface area contributed by atoms with Crippen molar-refractivity contribution in [3.8, 4) is 0 Å². The predicted octanol–water partition coefficient (Wildman–Crippen LogP) is -0.107. The molecule has 0 spiro atoms. The van der Waals surface area contributed by atoms with E-state index in [4.69, 9.17) is 5.11 Å². The Labute approximate surface area is 81.3 Å². The van der Waals surface area contributed by atoms with Crippen LogP contribution in [0.15, 0.2) is 0 Å². The summed E-state index contributed by atoms with van der Waals surface area (Å²) in [6.45, 7) is -1.73. The fourth-order valence-corrected chi connectivity index (χ4v) is 0. The average molecular weight is 140 g/mol. The van der Waals surface area contributed by atoms with E-state index in [1.54, 1.807) is 0 Å². The fraction of sp³-hybridized carbons (Fsp3) is 1.00. The van der Waals surface area contributed by atoms with Crippen LogP contribution in [0.1, 0.15) is 0 Å². The van der Waals surface area contributed by atoms with Gasteiger partial charge in [-0.3, -0.25) is 0 Å². The Morgan fingerprint density at radius 1 is 1.29 bits per heavy atom.